The van der Waals surface area contributed by atoms with Crippen LogP contribution >= 0.6 is 23.1 Å². The van der Waals surface area contributed by atoms with Gasteiger partial charge in [0, 0.05) is 5.69 Å². The smallest absolute Gasteiger partial charge is 0.299 e. The largest absolute Gasteiger partial charge is 0.435 e. The Balaban J connectivity index is 2.11. The van der Waals surface area contributed by atoms with Crippen molar-refractivity contribution in [2.24, 2.45) is 0 Å². The third-order valence-corrected chi connectivity index (χ3v) is 4.72. The van der Waals surface area contributed by atoms with Crippen molar-refractivity contribution < 1.29 is 18.0 Å². The molecule has 1 amide bonds. The second kappa shape index (κ2) is 6.87. The van der Waals surface area contributed by atoms with Crippen LogP contribution in [-0.2, 0) is 11.0 Å². The van der Waals surface area contributed by atoms with Crippen molar-refractivity contribution in [3.63, 3.8) is 0 Å². The molecule has 2 rings (SSSR count). The summed E-state index contributed by atoms with van der Waals surface area (Å²) in [5.74, 6) is 0.320. The number of aromatic nitrogens is 4. The molecule has 2 aromatic heterocycles. The summed E-state index contributed by atoms with van der Waals surface area (Å²) in [7, 11) is 0. The summed E-state index contributed by atoms with van der Waals surface area (Å²) >= 11 is 2.70. The molecule has 11 heteroatoms. The highest BCUT2D eigenvalue weighted by atomic mass is 32.2. The number of aryl methyl sites for hydroxylation is 1. The molecule has 23 heavy (non-hydrogen) atoms. The molecule has 0 aliphatic rings. The lowest BCUT2D eigenvalue weighted by atomic mass is 10.3. The van der Waals surface area contributed by atoms with Gasteiger partial charge in [0.05, 0.1) is 0 Å². The first-order chi connectivity index (χ1) is 10.7. The molecule has 6 nitrogen and oxygen atoms in total. The van der Waals surface area contributed by atoms with E-state index in [9.17, 15) is 18.0 Å². The van der Waals surface area contributed by atoms with Gasteiger partial charge < -0.3 is 0 Å². The fourth-order valence-electron chi connectivity index (χ4n) is 1.78. The molecule has 0 fully saturated rings. The van der Waals surface area contributed by atoms with Gasteiger partial charge in [0.2, 0.25) is 5.13 Å². The molecule has 0 aliphatic heterocycles. The van der Waals surface area contributed by atoms with Gasteiger partial charge in [-0.1, -0.05) is 30.0 Å². The molecule has 0 spiro atoms. The van der Waals surface area contributed by atoms with E-state index in [1.54, 1.807) is 0 Å². The van der Waals surface area contributed by atoms with Crippen molar-refractivity contribution in [1.29, 1.82) is 0 Å². The van der Waals surface area contributed by atoms with Gasteiger partial charge in [-0.05, 0) is 25.7 Å². The van der Waals surface area contributed by atoms with E-state index >= 15 is 0 Å². The van der Waals surface area contributed by atoms with Gasteiger partial charge in [-0.3, -0.25) is 14.8 Å². The van der Waals surface area contributed by atoms with Crippen LogP contribution < -0.4 is 5.32 Å². The molecule has 1 atom stereocenters. The monoisotopic (exact) mass is 365 g/mol. The number of halogens is 3. The molecule has 0 bridgehead atoms. The van der Waals surface area contributed by atoms with Crippen LogP contribution in [0.1, 0.15) is 31.3 Å². The van der Waals surface area contributed by atoms with E-state index in [1.807, 2.05) is 6.92 Å². The van der Waals surface area contributed by atoms with Crippen molar-refractivity contribution in [2.75, 3.05) is 11.1 Å². The molecular weight excluding hydrogens is 351 g/mol. The van der Waals surface area contributed by atoms with Crippen LogP contribution in [0, 0.1) is 6.92 Å². The highest BCUT2D eigenvalue weighted by molar-refractivity contribution is 8.01. The number of alkyl halides is 3. The van der Waals surface area contributed by atoms with Crippen molar-refractivity contribution in [3.05, 3.63) is 17.5 Å². The minimum absolute atomic E-state index is 0.250. The normalized spacial score (nSPS) is 13.1. The van der Waals surface area contributed by atoms with Crippen molar-refractivity contribution >= 4 is 34.1 Å². The maximum atomic E-state index is 12.7. The minimum atomic E-state index is -4.54. The molecular formula is C12H14F3N5OS2. The van der Waals surface area contributed by atoms with E-state index in [4.69, 9.17) is 0 Å². The number of amides is 1. The molecule has 0 aliphatic carbocycles. The second-order valence-electron chi connectivity index (χ2n) is 4.58. The highest BCUT2D eigenvalue weighted by Crippen LogP contribution is 2.30. The number of hydrogen-bond donors (Lipinski definition) is 1. The van der Waals surface area contributed by atoms with Crippen LogP contribution in [0.3, 0.4) is 0 Å². The van der Waals surface area contributed by atoms with Gasteiger partial charge in [-0.15, -0.1) is 10.2 Å². The summed E-state index contributed by atoms with van der Waals surface area (Å²) in [5.41, 5.74) is -0.772. The number of carbonyl (C=O) groups is 1. The zero-order valence-corrected chi connectivity index (χ0v) is 14.1. The molecule has 0 saturated heterocycles. The fraction of sp³-hybridized carbons (Fsp3) is 0.500. The Hall–Kier alpha value is -1.62. The van der Waals surface area contributed by atoms with Gasteiger partial charge in [-0.25, -0.2) is 0 Å². The van der Waals surface area contributed by atoms with Crippen LogP contribution in [-0.4, -0.2) is 31.6 Å². The lowest BCUT2D eigenvalue weighted by Crippen LogP contribution is -2.25. The highest BCUT2D eigenvalue weighted by Gasteiger charge is 2.35. The Morgan fingerprint density at radius 1 is 1.48 bits per heavy atom. The zero-order valence-electron chi connectivity index (χ0n) is 12.5. The Kier molecular flexibility index (Phi) is 5.30. The maximum Gasteiger partial charge on any atom is 0.435 e. The number of rotatable bonds is 5. The van der Waals surface area contributed by atoms with Crippen LogP contribution in [0.4, 0.5) is 18.3 Å². The summed E-state index contributed by atoms with van der Waals surface area (Å²) in [4.78, 5) is 12.2. The molecule has 0 unspecified atom stereocenters. The number of anilines is 1. The predicted molar refractivity (Wildman–Crippen MR) is 81.6 cm³/mol. The van der Waals surface area contributed by atoms with Gasteiger partial charge >= 0.3 is 6.18 Å². The zero-order chi connectivity index (χ0) is 17.2. The minimum Gasteiger partial charge on any atom is -0.299 e. The Morgan fingerprint density at radius 2 is 2.17 bits per heavy atom. The van der Waals surface area contributed by atoms with E-state index in [2.05, 4.69) is 20.6 Å². The van der Waals surface area contributed by atoms with E-state index in [1.165, 1.54) is 36.9 Å². The van der Waals surface area contributed by atoms with E-state index in [0.29, 0.717) is 9.47 Å². The fourth-order valence-corrected chi connectivity index (χ4v) is 3.43. The summed E-state index contributed by atoms with van der Waals surface area (Å²) in [6, 6.07) is 0.00216. The van der Waals surface area contributed by atoms with Crippen molar-refractivity contribution in [1.82, 2.24) is 20.0 Å². The molecule has 1 N–H and O–H groups in total. The number of hydrogen-bond acceptors (Lipinski definition) is 6. The number of carbonyl (C=O) groups excluding carboxylic acids is 1. The summed E-state index contributed by atoms with van der Waals surface area (Å²) in [6.45, 7) is 4.90. The van der Waals surface area contributed by atoms with Crippen LogP contribution in [0.2, 0.25) is 0 Å². The van der Waals surface area contributed by atoms with Crippen LogP contribution in [0.15, 0.2) is 10.4 Å². The molecule has 0 saturated carbocycles. The maximum absolute atomic E-state index is 12.7. The lowest BCUT2D eigenvalue weighted by Gasteiger charge is -2.13. The Labute approximate surface area is 138 Å². The number of thioether (sulfide) groups is 1. The van der Waals surface area contributed by atoms with Gasteiger partial charge in [0.25, 0.3) is 5.91 Å². The average molecular weight is 365 g/mol. The Morgan fingerprint density at radius 3 is 2.74 bits per heavy atom. The molecule has 0 radical (unpaired) electrons. The van der Waals surface area contributed by atoms with Crippen LogP contribution in [0.25, 0.3) is 0 Å². The number of nitrogens with one attached hydrogen (secondary N) is 1. The average Bonchev–Trinajstić information content (AvgIpc) is 3.04. The van der Waals surface area contributed by atoms with Crippen molar-refractivity contribution in [3.8, 4) is 0 Å². The van der Waals surface area contributed by atoms with Crippen LogP contribution in [0.5, 0.6) is 0 Å². The number of nitrogens with zero attached hydrogens (tertiary/aromatic N) is 4. The summed E-state index contributed by atoms with van der Waals surface area (Å²) in [5, 5.41) is 14.0. The van der Waals surface area contributed by atoms with E-state index < -0.39 is 23.8 Å². The molecule has 2 heterocycles. The van der Waals surface area contributed by atoms with Gasteiger partial charge in [0.1, 0.15) is 6.04 Å². The quantitative estimate of drug-likeness (QED) is 0.650. The molecule has 2 aromatic rings. The van der Waals surface area contributed by atoms with E-state index in [-0.39, 0.29) is 5.69 Å². The lowest BCUT2D eigenvalue weighted by molar-refractivity contribution is -0.141. The van der Waals surface area contributed by atoms with E-state index in [0.717, 1.165) is 16.5 Å². The summed E-state index contributed by atoms with van der Waals surface area (Å²) < 4.78 is 39.8. The van der Waals surface area contributed by atoms with Gasteiger partial charge in [-0.2, -0.15) is 18.3 Å². The predicted octanol–water partition coefficient (Wildman–Crippen LogP) is 3.37. The topological polar surface area (TPSA) is 72.7 Å². The van der Waals surface area contributed by atoms with Gasteiger partial charge in [0.15, 0.2) is 10.0 Å². The van der Waals surface area contributed by atoms with Crippen molar-refractivity contribution in [2.45, 2.75) is 37.3 Å². The Bertz CT molecular complexity index is 697. The molecule has 126 valence electrons. The standard InChI is InChI=1S/C12H14F3N5OS2/c1-4-22-11-18-17-10(23-11)16-9(21)7(3)20-6(2)5-8(19-20)12(13,14)15/h5,7H,4H2,1-3H3,(H,16,17,21)/t7-/m1/s1. The third-order valence-electron chi connectivity index (χ3n) is 2.86. The molecule has 0 aromatic carbocycles. The first-order valence-corrected chi connectivity index (χ1v) is 8.43. The SMILES string of the molecule is CCSc1nnc(NC(=O)[C@@H](C)n2nc(C(F)(F)F)cc2C)s1. The first kappa shape index (κ1) is 17.7. The third kappa shape index (κ3) is 4.22. The first-order valence-electron chi connectivity index (χ1n) is 6.63. The second-order valence-corrected chi connectivity index (χ2v) is 7.07. The summed E-state index contributed by atoms with van der Waals surface area (Å²) in [6.07, 6.45) is -4.54.